The molecule has 0 unspecified atom stereocenters. The summed E-state index contributed by atoms with van der Waals surface area (Å²) < 4.78 is 161. The van der Waals surface area contributed by atoms with Crippen LogP contribution in [0.15, 0.2) is 30.6 Å². The first kappa shape index (κ1) is 30.0. The Labute approximate surface area is 214 Å². The lowest BCUT2D eigenvalue weighted by molar-refractivity contribution is -0.307. The lowest BCUT2D eigenvalue weighted by atomic mass is 10.1. The summed E-state index contributed by atoms with van der Waals surface area (Å²) in [6, 6.07) is 3.64. The molecule has 9 nitrogen and oxygen atoms in total. The molecule has 0 atom stereocenters. The second kappa shape index (κ2) is 9.28. The van der Waals surface area contributed by atoms with E-state index in [1.807, 2.05) is 0 Å². The van der Waals surface area contributed by atoms with Gasteiger partial charge in [0.1, 0.15) is 0 Å². The van der Waals surface area contributed by atoms with E-state index < -0.39 is 56.8 Å². The van der Waals surface area contributed by atoms with Gasteiger partial charge in [-0.1, -0.05) is 17.7 Å². The van der Waals surface area contributed by atoms with Gasteiger partial charge in [0.05, 0.1) is 16.8 Å². The van der Waals surface area contributed by atoms with Crippen molar-refractivity contribution in [2.45, 2.75) is 23.5 Å². The molecule has 0 saturated carbocycles. The minimum absolute atomic E-state index is 0.0181. The Kier molecular flexibility index (Phi) is 7.14. The Bertz CT molecular complexity index is 1530. The van der Waals surface area contributed by atoms with Crippen LogP contribution in [0.25, 0.3) is 16.9 Å². The lowest BCUT2D eigenvalue weighted by Gasteiger charge is -2.28. The summed E-state index contributed by atoms with van der Waals surface area (Å²) in [5.41, 5.74) is 2.76. The number of hydrogen-bond donors (Lipinski definition) is 1. The van der Waals surface area contributed by atoms with Crippen LogP contribution in [-0.2, 0) is 23.3 Å². The minimum Gasteiger partial charge on any atom is -0.366 e. The van der Waals surface area contributed by atoms with Crippen LogP contribution in [0.1, 0.15) is 15.9 Å². The fraction of sp³-hybridized carbons (Fsp3) is 0.278. The highest BCUT2D eigenvalue weighted by Crippen LogP contribution is 2.51. The van der Waals surface area contributed by atoms with Crippen molar-refractivity contribution in [1.29, 1.82) is 0 Å². The molecular formula is C18H10ClF10N5O4S. The summed E-state index contributed by atoms with van der Waals surface area (Å²) in [4.78, 5) is 11.5. The zero-order valence-electron chi connectivity index (χ0n) is 18.5. The third kappa shape index (κ3) is 5.09. The predicted molar refractivity (Wildman–Crippen MR) is 110 cm³/mol. The van der Waals surface area contributed by atoms with Gasteiger partial charge in [-0.25, -0.2) is 13.8 Å². The zero-order valence-corrected chi connectivity index (χ0v) is 20.0. The molecular weight excluding hydrogens is 608 g/mol. The first-order valence-electron chi connectivity index (χ1n) is 9.58. The Morgan fingerprint density at radius 1 is 1.00 bits per heavy atom. The summed E-state index contributed by atoms with van der Waals surface area (Å²) in [7, 11) is -6.92. The fourth-order valence-electron chi connectivity index (χ4n) is 3.15. The van der Waals surface area contributed by atoms with E-state index in [0.29, 0.717) is 11.7 Å². The molecule has 0 aliphatic rings. The number of rotatable bonds is 6. The van der Waals surface area contributed by atoms with Gasteiger partial charge in [-0.15, -0.1) is 5.10 Å². The van der Waals surface area contributed by atoms with E-state index in [9.17, 15) is 57.1 Å². The van der Waals surface area contributed by atoms with Crippen LogP contribution in [0.4, 0.5) is 43.9 Å². The number of primary amides is 1. The minimum atomic E-state index is -7.59. The molecule has 3 aromatic rings. The summed E-state index contributed by atoms with van der Waals surface area (Å²) in [6.45, 7) is 0. The smallest absolute Gasteiger partial charge is 0.366 e. The molecule has 1 amide bonds. The SMILES string of the molecule is Cn1nc(OS(=O)(=O)C(F)(C(F)(F)F)C(F)(F)F)c(C(F)(F)F)c1-n1cc(-c2ccc(Cl)c(C(N)=O)c2)cn1. The van der Waals surface area contributed by atoms with Gasteiger partial charge in [-0.3, -0.25) is 4.79 Å². The first-order chi connectivity index (χ1) is 17.5. The Morgan fingerprint density at radius 2 is 1.56 bits per heavy atom. The van der Waals surface area contributed by atoms with Gasteiger partial charge >= 0.3 is 33.6 Å². The zero-order chi connectivity index (χ0) is 29.9. The average Bonchev–Trinajstić information content (AvgIpc) is 3.35. The number of nitrogens with two attached hydrogens (primary N) is 1. The Morgan fingerprint density at radius 3 is 2.05 bits per heavy atom. The molecule has 0 saturated heterocycles. The number of hydrogen-bond acceptors (Lipinski definition) is 6. The number of carbonyl (C=O) groups excluding carboxylic acids is 1. The number of aryl methyl sites for hydroxylation is 1. The molecule has 21 heteroatoms. The van der Waals surface area contributed by atoms with Crippen molar-refractivity contribution in [1.82, 2.24) is 19.6 Å². The summed E-state index contributed by atoms with van der Waals surface area (Å²) >= 11 is 5.83. The van der Waals surface area contributed by atoms with E-state index in [-0.39, 0.29) is 26.4 Å². The molecule has 0 aliphatic heterocycles. The fourth-order valence-corrected chi connectivity index (χ4v) is 4.36. The molecule has 214 valence electrons. The number of carbonyl (C=O) groups is 1. The number of halogens is 11. The van der Waals surface area contributed by atoms with Crippen LogP contribution in [0.5, 0.6) is 5.88 Å². The molecule has 0 bridgehead atoms. The predicted octanol–water partition coefficient (Wildman–Crippen LogP) is 4.54. The largest absolute Gasteiger partial charge is 0.450 e. The average molecular weight is 618 g/mol. The van der Waals surface area contributed by atoms with Crippen molar-refractivity contribution in [2.75, 3.05) is 0 Å². The molecule has 0 fully saturated rings. The van der Waals surface area contributed by atoms with Crippen molar-refractivity contribution in [2.24, 2.45) is 12.8 Å². The van der Waals surface area contributed by atoms with Gasteiger partial charge in [0, 0.05) is 18.8 Å². The monoisotopic (exact) mass is 617 g/mol. The molecule has 0 aliphatic carbocycles. The van der Waals surface area contributed by atoms with Gasteiger partial charge in [0.15, 0.2) is 11.4 Å². The van der Waals surface area contributed by atoms with Crippen LogP contribution in [0, 0.1) is 0 Å². The summed E-state index contributed by atoms with van der Waals surface area (Å²) in [5, 5.41) is -0.686. The highest BCUT2D eigenvalue weighted by atomic mass is 35.5. The molecule has 2 N–H and O–H groups in total. The van der Waals surface area contributed by atoms with E-state index in [1.165, 1.54) is 12.1 Å². The highest BCUT2D eigenvalue weighted by molar-refractivity contribution is 7.88. The number of benzene rings is 1. The van der Waals surface area contributed by atoms with Crippen molar-refractivity contribution < 1.29 is 61.3 Å². The number of nitrogens with zero attached hydrogens (tertiary/aromatic N) is 4. The van der Waals surface area contributed by atoms with Gasteiger partial charge in [0.25, 0.3) is 5.88 Å². The number of aromatic nitrogens is 4. The van der Waals surface area contributed by atoms with Gasteiger partial charge < -0.3 is 9.92 Å². The van der Waals surface area contributed by atoms with Gasteiger partial charge in [-0.05, 0) is 17.7 Å². The molecule has 3 rings (SSSR count). The van der Waals surface area contributed by atoms with Crippen LogP contribution >= 0.6 is 11.6 Å². The van der Waals surface area contributed by atoms with Gasteiger partial charge in [-0.2, -0.15) is 53.0 Å². The van der Waals surface area contributed by atoms with E-state index in [4.69, 9.17) is 17.3 Å². The van der Waals surface area contributed by atoms with Crippen LogP contribution < -0.4 is 9.92 Å². The normalized spacial score (nSPS) is 13.5. The molecule has 39 heavy (non-hydrogen) atoms. The molecule has 0 radical (unpaired) electrons. The van der Waals surface area contributed by atoms with E-state index in [2.05, 4.69) is 14.4 Å². The molecule has 2 heterocycles. The van der Waals surface area contributed by atoms with E-state index in [0.717, 1.165) is 18.5 Å². The quantitative estimate of drug-likeness (QED) is 0.320. The maximum atomic E-state index is 14.1. The third-order valence-corrected chi connectivity index (χ3v) is 6.75. The lowest BCUT2D eigenvalue weighted by Crippen LogP contribution is -2.60. The second-order valence-corrected chi connectivity index (χ2v) is 9.53. The highest BCUT2D eigenvalue weighted by Gasteiger charge is 2.82. The summed E-state index contributed by atoms with van der Waals surface area (Å²) in [6.07, 6.45) is -18.4. The number of alkyl halides is 10. The molecule has 0 spiro atoms. The van der Waals surface area contributed by atoms with Crippen molar-refractivity contribution in [3.8, 4) is 22.8 Å². The summed E-state index contributed by atoms with van der Waals surface area (Å²) in [5.74, 6) is -4.58. The van der Waals surface area contributed by atoms with Crippen molar-refractivity contribution in [3.05, 3.63) is 46.7 Å². The topological polar surface area (TPSA) is 122 Å². The maximum absolute atomic E-state index is 14.1. The standard InChI is InChI=1S/C18H10ClF10N5O4S/c1-33-14(34-6-8(5-31-34)7-2-3-10(19)9(4-7)12(30)35)11(15(20,21)22)13(32-33)38-39(36,37)16(23,17(24,25)26)18(27,28)29/h2-6H,1H3,(H2,30,35). The first-order valence-corrected chi connectivity index (χ1v) is 11.4. The number of amides is 1. The second-order valence-electron chi connectivity index (χ2n) is 7.49. The Balaban J connectivity index is 2.18. The Hall–Kier alpha value is -3.55. The maximum Gasteiger partial charge on any atom is 0.450 e. The molecule has 2 aromatic heterocycles. The molecule has 1 aromatic carbocycles. The van der Waals surface area contributed by atoms with Crippen LogP contribution in [-0.4, -0.2) is 51.2 Å². The van der Waals surface area contributed by atoms with Crippen molar-refractivity contribution >= 4 is 27.6 Å². The third-order valence-electron chi connectivity index (χ3n) is 4.90. The van der Waals surface area contributed by atoms with Crippen molar-refractivity contribution in [3.63, 3.8) is 0 Å². The van der Waals surface area contributed by atoms with E-state index >= 15 is 0 Å². The van der Waals surface area contributed by atoms with Crippen LogP contribution in [0.2, 0.25) is 5.02 Å². The van der Waals surface area contributed by atoms with Crippen LogP contribution in [0.3, 0.4) is 0 Å². The van der Waals surface area contributed by atoms with Gasteiger partial charge in [0.2, 0.25) is 5.91 Å². The van der Waals surface area contributed by atoms with E-state index in [1.54, 1.807) is 0 Å².